The molecule has 0 saturated carbocycles. The molecule has 1 aliphatic rings. The van der Waals surface area contributed by atoms with E-state index in [1.807, 2.05) is 0 Å². The van der Waals surface area contributed by atoms with Crippen molar-refractivity contribution in [1.82, 2.24) is 14.6 Å². The van der Waals surface area contributed by atoms with E-state index < -0.39 is 15.9 Å². The van der Waals surface area contributed by atoms with Crippen LogP contribution in [0.1, 0.15) is 12.8 Å². The van der Waals surface area contributed by atoms with Crippen LogP contribution in [0.3, 0.4) is 0 Å². The van der Waals surface area contributed by atoms with Crippen molar-refractivity contribution in [3.05, 3.63) is 54.9 Å². The van der Waals surface area contributed by atoms with E-state index in [1.54, 1.807) is 48.7 Å². The molecule has 0 radical (unpaired) electrons. The quantitative estimate of drug-likeness (QED) is 0.756. The largest absolute Gasteiger partial charge is 0.347 e. The Morgan fingerprint density at radius 3 is 2.64 bits per heavy atom. The first-order chi connectivity index (χ1) is 13.5. The molecule has 0 unspecified atom stereocenters. The summed E-state index contributed by atoms with van der Waals surface area (Å²) in [4.78, 5) is 28.5. The Morgan fingerprint density at radius 1 is 1.14 bits per heavy atom. The van der Waals surface area contributed by atoms with E-state index in [-0.39, 0.29) is 29.8 Å². The molecule has 28 heavy (non-hydrogen) atoms. The van der Waals surface area contributed by atoms with Gasteiger partial charge in [-0.1, -0.05) is 18.2 Å². The number of carbonyl (C=O) groups excluding carboxylic acids is 2. The van der Waals surface area contributed by atoms with Crippen LogP contribution in [0.4, 0.5) is 5.69 Å². The highest BCUT2D eigenvalue weighted by molar-refractivity contribution is 7.89. The summed E-state index contributed by atoms with van der Waals surface area (Å²) in [6.45, 7) is 0.297. The molecule has 148 valence electrons. The predicted octanol–water partition coefficient (Wildman–Crippen LogP) is 1.24. The van der Waals surface area contributed by atoms with Crippen LogP contribution in [0.2, 0.25) is 0 Å². The molecule has 0 spiro atoms. The number of piperidine rings is 1. The van der Waals surface area contributed by atoms with Crippen LogP contribution in [-0.4, -0.2) is 49.2 Å². The second-order valence-electron chi connectivity index (χ2n) is 6.52. The lowest BCUT2D eigenvalue weighted by atomic mass is 9.99. The number of aromatic nitrogens is 1. The summed E-state index contributed by atoms with van der Waals surface area (Å²) in [6, 6.07) is 11.6. The molecule has 2 heterocycles. The number of carbonyl (C=O) groups is 2. The molecule has 2 amide bonds. The minimum Gasteiger partial charge on any atom is -0.347 e. The zero-order valence-electron chi connectivity index (χ0n) is 15.2. The third-order valence-corrected chi connectivity index (χ3v) is 6.38. The topological polar surface area (TPSA) is 108 Å². The highest BCUT2D eigenvalue weighted by Crippen LogP contribution is 2.23. The molecule has 1 aliphatic heterocycles. The van der Waals surface area contributed by atoms with E-state index in [1.165, 1.54) is 10.5 Å². The lowest BCUT2D eigenvalue weighted by Crippen LogP contribution is -2.46. The van der Waals surface area contributed by atoms with Gasteiger partial charge in [-0.2, -0.15) is 4.31 Å². The summed E-state index contributed by atoms with van der Waals surface area (Å²) < 4.78 is 26.8. The molecular weight excluding hydrogens is 380 g/mol. The predicted molar refractivity (Wildman–Crippen MR) is 104 cm³/mol. The molecule has 0 bridgehead atoms. The van der Waals surface area contributed by atoms with Crippen LogP contribution in [0.25, 0.3) is 0 Å². The number of amides is 2. The van der Waals surface area contributed by atoms with Crippen LogP contribution in [0.15, 0.2) is 59.8 Å². The monoisotopic (exact) mass is 402 g/mol. The highest BCUT2D eigenvalue weighted by atomic mass is 32.2. The number of nitrogens with one attached hydrogen (secondary N) is 2. The summed E-state index contributed by atoms with van der Waals surface area (Å²) in [5.74, 6) is -1.18. The van der Waals surface area contributed by atoms with E-state index in [2.05, 4.69) is 15.6 Å². The minimum atomic E-state index is -3.63. The van der Waals surface area contributed by atoms with Gasteiger partial charge in [0.1, 0.15) is 0 Å². The number of sulfonamides is 1. The number of pyridine rings is 1. The lowest BCUT2D eigenvalue weighted by molar-refractivity contribution is -0.128. The van der Waals surface area contributed by atoms with Crippen LogP contribution >= 0.6 is 0 Å². The van der Waals surface area contributed by atoms with Gasteiger partial charge in [0.05, 0.1) is 29.2 Å². The zero-order chi connectivity index (χ0) is 20.0. The SMILES string of the molecule is O=C(CNC(=O)[C@@H]1CCCN(S(=O)(=O)c2ccccc2)C1)Nc1cccnc1. The summed E-state index contributed by atoms with van der Waals surface area (Å²) in [6.07, 6.45) is 4.27. The summed E-state index contributed by atoms with van der Waals surface area (Å²) in [5.41, 5.74) is 0.541. The van der Waals surface area contributed by atoms with Gasteiger partial charge in [0.2, 0.25) is 21.8 Å². The molecular formula is C19H22N4O4S. The van der Waals surface area contributed by atoms with Crippen molar-refractivity contribution < 1.29 is 18.0 Å². The smallest absolute Gasteiger partial charge is 0.243 e. The molecule has 1 fully saturated rings. The van der Waals surface area contributed by atoms with E-state index in [4.69, 9.17) is 0 Å². The molecule has 2 N–H and O–H groups in total. The van der Waals surface area contributed by atoms with E-state index in [9.17, 15) is 18.0 Å². The van der Waals surface area contributed by atoms with E-state index >= 15 is 0 Å². The second kappa shape index (κ2) is 8.94. The lowest BCUT2D eigenvalue weighted by Gasteiger charge is -2.31. The first-order valence-corrected chi connectivity index (χ1v) is 10.4. The average molecular weight is 402 g/mol. The maximum Gasteiger partial charge on any atom is 0.243 e. The number of hydrogen-bond acceptors (Lipinski definition) is 5. The Kier molecular flexibility index (Phi) is 6.37. The molecule has 1 aromatic heterocycles. The molecule has 8 nitrogen and oxygen atoms in total. The van der Waals surface area contributed by atoms with Gasteiger partial charge in [-0.25, -0.2) is 8.42 Å². The van der Waals surface area contributed by atoms with E-state index in [0.29, 0.717) is 25.1 Å². The maximum atomic E-state index is 12.7. The molecule has 1 saturated heterocycles. The van der Waals surface area contributed by atoms with Gasteiger partial charge in [-0.05, 0) is 37.1 Å². The van der Waals surface area contributed by atoms with Gasteiger partial charge in [0.15, 0.2) is 0 Å². The Morgan fingerprint density at radius 2 is 1.93 bits per heavy atom. The fraction of sp³-hybridized carbons (Fsp3) is 0.316. The van der Waals surface area contributed by atoms with Gasteiger partial charge in [-0.3, -0.25) is 14.6 Å². The first kappa shape index (κ1) is 20.0. The van der Waals surface area contributed by atoms with Gasteiger partial charge in [0, 0.05) is 19.3 Å². The van der Waals surface area contributed by atoms with Crippen LogP contribution < -0.4 is 10.6 Å². The third kappa shape index (κ3) is 4.93. The van der Waals surface area contributed by atoms with Crippen LogP contribution in [0, 0.1) is 5.92 Å². The number of hydrogen-bond donors (Lipinski definition) is 2. The number of rotatable bonds is 6. The Labute approximate surface area is 164 Å². The zero-order valence-corrected chi connectivity index (χ0v) is 16.1. The fourth-order valence-corrected chi connectivity index (χ4v) is 4.61. The Balaban J connectivity index is 1.55. The van der Waals surface area contributed by atoms with Crippen molar-refractivity contribution in [2.45, 2.75) is 17.7 Å². The molecule has 0 aliphatic carbocycles. The van der Waals surface area contributed by atoms with Gasteiger partial charge in [-0.15, -0.1) is 0 Å². The van der Waals surface area contributed by atoms with E-state index in [0.717, 1.165) is 0 Å². The van der Waals surface area contributed by atoms with Crippen molar-refractivity contribution in [2.24, 2.45) is 5.92 Å². The molecule has 3 rings (SSSR count). The molecule has 9 heteroatoms. The van der Waals surface area contributed by atoms with Crippen molar-refractivity contribution >= 4 is 27.5 Å². The average Bonchev–Trinajstić information content (AvgIpc) is 2.73. The number of nitrogens with zero attached hydrogens (tertiary/aromatic N) is 2. The molecule has 1 aromatic carbocycles. The Hall–Kier alpha value is -2.78. The van der Waals surface area contributed by atoms with Gasteiger partial charge >= 0.3 is 0 Å². The normalized spacial score (nSPS) is 17.6. The fourth-order valence-electron chi connectivity index (χ4n) is 3.07. The molecule has 1 atom stereocenters. The van der Waals surface area contributed by atoms with Crippen molar-refractivity contribution in [3.63, 3.8) is 0 Å². The Bertz CT molecular complexity index is 919. The minimum absolute atomic E-state index is 0.104. The summed E-state index contributed by atoms with van der Waals surface area (Å²) in [5, 5.41) is 5.22. The summed E-state index contributed by atoms with van der Waals surface area (Å²) >= 11 is 0. The van der Waals surface area contributed by atoms with Crippen LogP contribution in [0.5, 0.6) is 0 Å². The van der Waals surface area contributed by atoms with Gasteiger partial charge in [0.25, 0.3) is 0 Å². The standard InChI is InChI=1S/C19H22N4O4S/c24-18(22-16-7-4-10-20-12-16)13-21-19(25)15-6-5-11-23(14-15)28(26,27)17-8-2-1-3-9-17/h1-4,7-10,12,15H,5-6,11,13-14H2,(H,21,25)(H,22,24)/t15-/m1/s1. The molecule has 2 aromatic rings. The first-order valence-electron chi connectivity index (χ1n) is 8.99. The van der Waals surface area contributed by atoms with Crippen molar-refractivity contribution in [3.8, 4) is 0 Å². The van der Waals surface area contributed by atoms with Crippen molar-refractivity contribution in [1.29, 1.82) is 0 Å². The van der Waals surface area contributed by atoms with Crippen molar-refractivity contribution in [2.75, 3.05) is 25.0 Å². The third-order valence-electron chi connectivity index (χ3n) is 4.50. The number of benzene rings is 1. The number of anilines is 1. The summed E-state index contributed by atoms with van der Waals surface area (Å²) in [7, 11) is -3.63. The maximum absolute atomic E-state index is 12.7. The highest BCUT2D eigenvalue weighted by Gasteiger charge is 2.33. The second-order valence-corrected chi connectivity index (χ2v) is 8.46. The van der Waals surface area contributed by atoms with Crippen LogP contribution in [-0.2, 0) is 19.6 Å². The van der Waals surface area contributed by atoms with Gasteiger partial charge < -0.3 is 10.6 Å².